The molecule has 1 fully saturated rings. The van der Waals surface area contributed by atoms with Crippen LogP contribution in [0.25, 0.3) is 0 Å². The number of non-ortho nitro benzene ring substituents is 1. The molecule has 36 heavy (non-hydrogen) atoms. The third kappa shape index (κ3) is 5.69. The van der Waals surface area contributed by atoms with Gasteiger partial charge in [0.25, 0.3) is 11.6 Å². The first-order valence-electron chi connectivity index (χ1n) is 11.8. The number of amides is 1. The van der Waals surface area contributed by atoms with Crippen molar-refractivity contribution in [3.8, 4) is 0 Å². The van der Waals surface area contributed by atoms with Crippen molar-refractivity contribution in [2.24, 2.45) is 5.10 Å². The van der Waals surface area contributed by atoms with E-state index in [1.165, 1.54) is 12.1 Å². The molecule has 2 aliphatic rings. The summed E-state index contributed by atoms with van der Waals surface area (Å²) in [5.74, 6) is 0.598. The first-order chi connectivity index (χ1) is 17.3. The summed E-state index contributed by atoms with van der Waals surface area (Å²) >= 11 is 0. The first-order valence-corrected chi connectivity index (χ1v) is 11.8. The Hall–Kier alpha value is -3.84. The van der Waals surface area contributed by atoms with Crippen molar-refractivity contribution in [2.75, 3.05) is 44.8 Å². The zero-order valence-corrected chi connectivity index (χ0v) is 19.9. The number of nitrogens with one attached hydrogen (secondary N) is 2. The predicted molar refractivity (Wildman–Crippen MR) is 131 cm³/mol. The quantitative estimate of drug-likeness (QED) is 0.299. The second kappa shape index (κ2) is 11.3. The third-order valence-electron chi connectivity index (χ3n) is 6.27. The molecule has 2 N–H and O–H groups in total. The predicted octanol–water partition coefficient (Wildman–Crippen LogP) is 3.01. The molecule has 0 atom stereocenters. The number of morpholine rings is 1. The molecule has 0 saturated carbocycles. The number of carbonyl (C=O) groups excluding carboxylic acids is 1. The van der Waals surface area contributed by atoms with E-state index in [2.05, 4.69) is 20.7 Å². The van der Waals surface area contributed by atoms with Crippen LogP contribution < -0.4 is 10.7 Å². The second-order valence-electron chi connectivity index (χ2n) is 8.66. The zero-order valence-electron chi connectivity index (χ0n) is 19.9. The average molecular weight is 501 g/mol. The van der Waals surface area contributed by atoms with Crippen molar-refractivity contribution in [3.05, 3.63) is 61.1 Å². The van der Waals surface area contributed by atoms with Gasteiger partial charge in [0.15, 0.2) is 5.76 Å². The number of nitro groups is 2. The molecule has 2 heterocycles. The fourth-order valence-electron chi connectivity index (χ4n) is 4.41. The van der Waals surface area contributed by atoms with Crippen LogP contribution in [0.4, 0.5) is 17.1 Å². The van der Waals surface area contributed by atoms with Crippen molar-refractivity contribution in [1.29, 1.82) is 0 Å². The molecule has 1 saturated heterocycles. The minimum atomic E-state index is -0.702. The summed E-state index contributed by atoms with van der Waals surface area (Å²) in [5, 5.41) is 29.6. The summed E-state index contributed by atoms with van der Waals surface area (Å²) < 4.78 is 11.2. The summed E-state index contributed by atoms with van der Waals surface area (Å²) in [5.41, 5.74) is 3.86. The molecule has 13 heteroatoms. The van der Waals surface area contributed by atoms with E-state index in [0.717, 1.165) is 57.3 Å². The molecule has 1 amide bonds. The molecule has 0 radical (unpaired) electrons. The van der Waals surface area contributed by atoms with Crippen LogP contribution in [0.1, 0.15) is 46.7 Å². The Bertz CT molecular complexity index is 1190. The van der Waals surface area contributed by atoms with Gasteiger partial charge < -0.3 is 14.5 Å². The molecule has 192 valence electrons. The maximum atomic E-state index is 12.8. The van der Waals surface area contributed by atoms with Crippen molar-refractivity contribution in [2.45, 2.75) is 32.6 Å². The van der Waals surface area contributed by atoms with Crippen molar-refractivity contribution < 1.29 is 23.8 Å². The minimum Gasteiger partial charge on any atom is -0.455 e. The number of rotatable bonds is 9. The van der Waals surface area contributed by atoms with E-state index in [9.17, 15) is 25.0 Å². The van der Waals surface area contributed by atoms with E-state index in [1.807, 2.05) is 0 Å². The zero-order chi connectivity index (χ0) is 25.7. The van der Waals surface area contributed by atoms with Gasteiger partial charge in [0, 0.05) is 43.2 Å². The third-order valence-corrected chi connectivity index (χ3v) is 6.27. The Kier molecular flexibility index (Phi) is 7.90. The van der Waals surface area contributed by atoms with Gasteiger partial charge in [0.2, 0.25) is 0 Å². The van der Waals surface area contributed by atoms with Gasteiger partial charge in [-0.2, -0.15) is 5.10 Å². The highest BCUT2D eigenvalue weighted by molar-refractivity contribution is 6.06. The number of anilines is 1. The topological polar surface area (TPSA) is 165 Å². The number of nitrogens with zero attached hydrogens (tertiary/aromatic N) is 4. The van der Waals surface area contributed by atoms with E-state index in [-0.39, 0.29) is 23.0 Å². The summed E-state index contributed by atoms with van der Waals surface area (Å²) in [4.78, 5) is 36.1. The molecule has 1 aromatic carbocycles. The summed E-state index contributed by atoms with van der Waals surface area (Å²) in [6.07, 6.45) is 2.79. The van der Waals surface area contributed by atoms with Gasteiger partial charge in [-0.05, 0) is 38.8 Å². The Morgan fingerprint density at radius 1 is 1.17 bits per heavy atom. The molecule has 1 aliphatic heterocycles. The van der Waals surface area contributed by atoms with Crippen LogP contribution in [-0.4, -0.2) is 65.8 Å². The molecule has 2 aromatic rings. The summed E-state index contributed by atoms with van der Waals surface area (Å²) in [6.45, 7) is 6.47. The maximum Gasteiger partial charge on any atom is 0.301 e. The van der Waals surface area contributed by atoms with Gasteiger partial charge >= 0.3 is 5.69 Å². The molecule has 4 rings (SSSR count). The lowest BCUT2D eigenvalue weighted by atomic mass is 9.93. The van der Waals surface area contributed by atoms with Crippen LogP contribution in [0.2, 0.25) is 0 Å². The Balaban J connectivity index is 1.45. The number of furan rings is 1. The molecular formula is C23H28N6O7. The van der Waals surface area contributed by atoms with Gasteiger partial charge in [-0.25, -0.2) is 0 Å². The number of ether oxygens (including phenoxy) is 1. The van der Waals surface area contributed by atoms with Gasteiger partial charge in [-0.3, -0.25) is 35.3 Å². The minimum absolute atomic E-state index is 0.0320. The van der Waals surface area contributed by atoms with Crippen molar-refractivity contribution >= 4 is 28.7 Å². The number of carbonyl (C=O) groups is 1. The van der Waals surface area contributed by atoms with Crippen LogP contribution in [0.15, 0.2) is 27.7 Å². The summed E-state index contributed by atoms with van der Waals surface area (Å²) in [7, 11) is 0. The highest BCUT2D eigenvalue weighted by atomic mass is 16.6. The molecular weight excluding hydrogens is 472 g/mol. The summed E-state index contributed by atoms with van der Waals surface area (Å²) in [6, 6.07) is 3.31. The van der Waals surface area contributed by atoms with Gasteiger partial charge in [0.1, 0.15) is 11.4 Å². The van der Waals surface area contributed by atoms with Crippen LogP contribution in [0.3, 0.4) is 0 Å². The molecule has 13 nitrogen and oxygen atoms in total. The monoisotopic (exact) mass is 500 g/mol. The highest BCUT2D eigenvalue weighted by Crippen LogP contribution is 2.32. The van der Waals surface area contributed by atoms with Crippen LogP contribution in [0.5, 0.6) is 0 Å². The smallest absolute Gasteiger partial charge is 0.301 e. The highest BCUT2D eigenvalue weighted by Gasteiger charge is 2.28. The average Bonchev–Trinajstić information content (AvgIpc) is 3.22. The van der Waals surface area contributed by atoms with Crippen molar-refractivity contribution in [3.63, 3.8) is 0 Å². The molecule has 0 spiro atoms. The normalized spacial score (nSPS) is 17.0. The SMILES string of the molecule is Cc1c(C(=O)NCCCN2CCOCC2)oc2c1/C(=N/Nc1ccc([N+](=O)[O-])cc1[N+](=O)[O-])CCC2. The largest absolute Gasteiger partial charge is 0.455 e. The Morgan fingerprint density at radius 3 is 2.67 bits per heavy atom. The molecule has 1 aliphatic carbocycles. The van der Waals surface area contributed by atoms with Crippen LogP contribution in [-0.2, 0) is 11.2 Å². The second-order valence-corrected chi connectivity index (χ2v) is 8.66. The van der Waals surface area contributed by atoms with E-state index >= 15 is 0 Å². The van der Waals surface area contributed by atoms with Crippen LogP contribution >= 0.6 is 0 Å². The number of aryl methyl sites for hydroxylation is 1. The van der Waals surface area contributed by atoms with Crippen LogP contribution in [0, 0.1) is 27.2 Å². The lowest BCUT2D eigenvalue weighted by Gasteiger charge is -2.26. The van der Waals surface area contributed by atoms with Crippen molar-refractivity contribution in [1.82, 2.24) is 10.2 Å². The fourth-order valence-corrected chi connectivity index (χ4v) is 4.41. The number of benzene rings is 1. The maximum absolute atomic E-state index is 12.8. The van der Waals surface area contributed by atoms with Gasteiger partial charge in [-0.15, -0.1) is 0 Å². The fraction of sp³-hybridized carbons (Fsp3) is 0.478. The van der Waals surface area contributed by atoms with E-state index in [0.29, 0.717) is 36.4 Å². The number of fused-ring (bicyclic) bond motifs is 1. The number of hydrogen-bond donors (Lipinski definition) is 2. The standard InChI is InChI=1S/C23H28N6O7/c1-15-21-18(26-25-17-7-6-16(28(31)32)14-19(17)29(33)34)4-2-5-20(21)36-22(15)23(30)24-8-3-9-27-10-12-35-13-11-27/h6-7,14,25H,2-5,8-13H2,1H3,(H,24,30)/b26-18+. The number of nitro benzene ring substituents is 2. The number of hydrogen-bond acceptors (Lipinski definition) is 10. The molecule has 0 bridgehead atoms. The first kappa shape index (κ1) is 25.3. The van der Waals surface area contributed by atoms with E-state index in [4.69, 9.17) is 9.15 Å². The Morgan fingerprint density at radius 2 is 1.94 bits per heavy atom. The lowest BCUT2D eigenvalue weighted by molar-refractivity contribution is -0.393. The number of hydrazone groups is 1. The lowest BCUT2D eigenvalue weighted by Crippen LogP contribution is -2.38. The van der Waals surface area contributed by atoms with Gasteiger partial charge in [-0.1, -0.05) is 0 Å². The van der Waals surface area contributed by atoms with E-state index < -0.39 is 15.5 Å². The molecule has 0 unspecified atom stereocenters. The van der Waals surface area contributed by atoms with E-state index in [1.54, 1.807) is 6.92 Å². The molecule has 1 aromatic heterocycles. The van der Waals surface area contributed by atoms with Gasteiger partial charge in [0.05, 0.1) is 34.8 Å². The Labute approximate surface area is 206 Å².